The number of aliphatic hydroxyl groups excluding tert-OH is 1. The fourth-order valence-corrected chi connectivity index (χ4v) is 1.62. The van der Waals surface area contributed by atoms with Gasteiger partial charge in [-0.1, -0.05) is 11.2 Å². The zero-order chi connectivity index (χ0) is 11.7. The molecule has 84 valence electrons. The summed E-state index contributed by atoms with van der Waals surface area (Å²) < 4.78 is 18.4. The average Bonchev–Trinajstić information content (AvgIpc) is 2.71. The predicted molar refractivity (Wildman–Crippen MR) is 58.0 cm³/mol. The molecule has 4 nitrogen and oxygen atoms in total. The van der Waals surface area contributed by atoms with Gasteiger partial charge in [0.15, 0.2) is 5.82 Å². The van der Waals surface area contributed by atoms with E-state index in [1.807, 2.05) is 0 Å². The number of hydrogen-bond acceptors (Lipinski definition) is 4. The maximum Gasteiger partial charge on any atom is 0.259 e. The van der Waals surface area contributed by atoms with Gasteiger partial charge in [-0.15, -0.1) is 0 Å². The van der Waals surface area contributed by atoms with E-state index in [0.717, 1.165) is 0 Å². The number of rotatable bonds is 2. The molecule has 0 aliphatic heterocycles. The van der Waals surface area contributed by atoms with Crippen molar-refractivity contribution in [3.05, 3.63) is 34.3 Å². The summed E-state index contributed by atoms with van der Waals surface area (Å²) in [5, 5.41) is 12.8. The average molecular weight is 287 g/mol. The van der Waals surface area contributed by atoms with E-state index in [1.54, 1.807) is 12.1 Å². The smallest absolute Gasteiger partial charge is 0.259 e. The zero-order valence-electron chi connectivity index (χ0n) is 8.32. The van der Waals surface area contributed by atoms with Gasteiger partial charge in [0.1, 0.15) is 11.9 Å². The van der Waals surface area contributed by atoms with Crippen LogP contribution in [0.4, 0.5) is 4.39 Å². The van der Waals surface area contributed by atoms with E-state index in [9.17, 15) is 9.50 Å². The molecular weight excluding hydrogens is 279 g/mol. The molecule has 1 atom stereocenters. The number of aliphatic hydroxyl groups is 1. The monoisotopic (exact) mass is 286 g/mol. The summed E-state index contributed by atoms with van der Waals surface area (Å²) in [5.41, 5.74) is 0.458. The number of aromatic nitrogens is 2. The third kappa shape index (κ3) is 1.98. The lowest BCUT2D eigenvalue weighted by Crippen LogP contribution is -1.93. The summed E-state index contributed by atoms with van der Waals surface area (Å²) >= 11 is 3.10. The maximum absolute atomic E-state index is 13.2. The lowest BCUT2D eigenvalue weighted by molar-refractivity contribution is 0.184. The second-order valence-electron chi connectivity index (χ2n) is 3.24. The van der Waals surface area contributed by atoms with Crippen molar-refractivity contribution in [1.82, 2.24) is 10.1 Å². The first kappa shape index (κ1) is 11.2. The lowest BCUT2D eigenvalue weighted by Gasteiger charge is -1.99. The second-order valence-corrected chi connectivity index (χ2v) is 4.03. The fourth-order valence-electron chi connectivity index (χ4n) is 1.18. The molecule has 6 heteroatoms. The van der Waals surface area contributed by atoms with Gasteiger partial charge in [-0.2, -0.15) is 4.98 Å². The molecule has 0 bridgehead atoms. The molecule has 1 heterocycles. The van der Waals surface area contributed by atoms with Crippen LogP contribution in [0.2, 0.25) is 0 Å². The highest BCUT2D eigenvalue weighted by molar-refractivity contribution is 9.10. The molecule has 1 N–H and O–H groups in total. The van der Waals surface area contributed by atoms with Crippen molar-refractivity contribution in [2.24, 2.45) is 0 Å². The summed E-state index contributed by atoms with van der Waals surface area (Å²) in [7, 11) is 0. The Morgan fingerprint density at radius 2 is 2.25 bits per heavy atom. The van der Waals surface area contributed by atoms with Crippen LogP contribution in [0.15, 0.2) is 27.2 Å². The second kappa shape index (κ2) is 4.31. The Morgan fingerprint density at radius 1 is 1.50 bits per heavy atom. The molecule has 16 heavy (non-hydrogen) atoms. The Morgan fingerprint density at radius 3 is 2.88 bits per heavy atom. The third-order valence-electron chi connectivity index (χ3n) is 2.00. The number of nitrogens with zero attached hydrogens (tertiary/aromatic N) is 2. The molecular formula is C10H8BrFN2O2. The van der Waals surface area contributed by atoms with Gasteiger partial charge in [-0.05, 0) is 35.0 Å². The van der Waals surface area contributed by atoms with Crippen LogP contribution in [-0.4, -0.2) is 15.2 Å². The highest BCUT2D eigenvalue weighted by Crippen LogP contribution is 2.29. The maximum atomic E-state index is 13.2. The van der Waals surface area contributed by atoms with Gasteiger partial charge in [0, 0.05) is 0 Å². The lowest BCUT2D eigenvalue weighted by atomic mass is 10.2. The van der Waals surface area contributed by atoms with E-state index in [0.29, 0.717) is 5.56 Å². The van der Waals surface area contributed by atoms with Gasteiger partial charge < -0.3 is 9.63 Å². The van der Waals surface area contributed by atoms with Gasteiger partial charge >= 0.3 is 0 Å². The van der Waals surface area contributed by atoms with Crippen molar-refractivity contribution >= 4 is 15.9 Å². The molecule has 0 fully saturated rings. The number of halogens is 2. The van der Waals surface area contributed by atoms with Crippen molar-refractivity contribution in [1.29, 1.82) is 0 Å². The summed E-state index contributed by atoms with van der Waals surface area (Å²) in [6, 6.07) is 4.51. The van der Waals surface area contributed by atoms with E-state index in [4.69, 9.17) is 4.52 Å². The third-order valence-corrected chi connectivity index (χ3v) is 2.80. The highest BCUT2D eigenvalue weighted by atomic mass is 79.9. The Balaban J connectivity index is 2.47. The highest BCUT2D eigenvalue weighted by Gasteiger charge is 2.16. The molecule has 2 rings (SSSR count). The zero-order valence-corrected chi connectivity index (χ0v) is 9.90. The van der Waals surface area contributed by atoms with Crippen LogP contribution >= 0.6 is 15.9 Å². The minimum absolute atomic E-state index is 0.169. The predicted octanol–water partition coefficient (Wildman–Crippen LogP) is 2.69. The van der Waals surface area contributed by atoms with E-state index < -0.39 is 11.9 Å². The normalized spacial score (nSPS) is 12.8. The standard InChI is InChI=1S/C10H8BrFN2O2/c1-5(15)9-13-10(16-14-9)6-3-2-4-7(12)8(6)11/h2-5,15H,1H3. The summed E-state index contributed by atoms with van der Waals surface area (Å²) in [6.45, 7) is 1.52. The van der Waals surface area contributed by atoms with Crippen molar-refractivity contribution in [3.8, 4) is 11.5 Å². The molecule has 0 saturated carbocycles. The topological polar surface area (TPSA) is 59.2 Å². The van der Waals surface area contributed by atoms with E-state index in [2.05, 4.69) is 26.1 Å². The van der Waals surface area contributed by atoms with Crippen molar-refractivity contribution < 1.29 is 14.0 Å². The van der Waals surface area contributed by atoms with E-state index in [1.165, 1.54) is 13.0 Å². The first-order valence-corrected chi connectivity index (χ1v) is 5.35. The van der Waals surface area contributed by atoms with Crippen molar-refractivity contribution in [2.75, 3.05) is 0 Å². The quantitative estimate of drug-likeness (QED) is 0.922. The molecule has 2 aromatic rings. The fraction of sp³-hybridized carbons (Fsp3) is 0.200. The number of benzene rings is 1. The first-order valence-electron chi connectivity index (χ1n) is 4.55. The molecule has 0 spiro atoms. The number of hydrogen-bond donors (Lipinski definition) is 1. The van der Waals surface area contributed by atoms with E-state index in [-0.39, 0.29) is 16.2 Å². The minimum atomic E-state index is -0.815. The van der Waals surface area contributed by atoms with Crippen LogP contribution in [0.3, 0.4) is 0 Å². The Hall–Kier alpha value is -1.27. The molecule has 0 aliphatic rings. The SMILES string of the molecule is CC(O)c1noc(-c2cccc(F)c2Br)n1. The van der Waals surface area contributed by atoms with Crippen LogP contribution in [0.25, 0.3) is 11.5 Å². The molecule has 1 aromatic carbocycles. The first-order chi connectivity index (χ1) is 7.59. The van der Waals surface area contributed by atoms with Crippen LogP contribution < -0.4 is 0 Å². The summed E-state index contributed by atoms with van der Waals surface area (Å²) in [6.07, 6.45) is -0.815. The summed E-state index contributed by atoms with van der Waals surface area (Å²) in [5.74, 6) is -0.0669. The van der Waals surface area contributed by atoms with Crippen LogP contribution in [0.1, 0.15) is 18.9 Å². The Kier molecular flexibility index (Phi) is 3.02. The molecule has 0 saturated heterocycles. The molecule has 0 radical (unpaired) electrons. The van der Waals surface area contributed by atoms with E-state index >= 15 is 0 Å². The van der Waals surface area contributed by atoms with Crippen molar-refractivity contribution in [3.63, 3.8) is 0 Å². The van der Waals surface area contributed by atoms with Crippen LogP contribution in [0.5, 0.6) is 0 Å². The summed E-state index contributed by atoms with van der Waals surface area (Å²) in [4.78, 5) is 3.96. The molecule has 0 aliphatic carbocycles. The molecule has 1 unspecified atom stereocenters. The molecule has 0 amide bonds. The Labute approximate surface area is 99.2 Å². The van der Waals surface area contributed by atoms with Gasteiger partial charge in [-0.25, -0.2) is 4.39 Å². The molecule has 1 aromatic heterocycles. The Bertz CT molecular complexity index is 513. The van der Waals surface area contributed by atoms with Gasteiger partial charge in [0.25, 0.3) is 5.89 Å². The van der Waals surface area contributed by atoms with Crippen LogP contribution in [-0.2, 0) is 0 Å². The van der Waals surface area contributed by atoms with Gasteiger partial charge in [0.05, 0.1) is 10.0 Å². The van der Waals surface area contributed by atoms with Gasteiger partial charge in [-0.3, -0.25) is 0 Å². The van der Waals surface area contributed by atoms with Gasteiger partial charge in [0.2, 0.25) is 0 Å². The van der Waals surface area contributed by atoms with Crippen molar-refractivity contribution in [2.45, 2.75) is 13.0 Å². The largest absolute Gasteiger partial charge is 0.385 e. The minimum Gasteiger partial charge on any atom is -0.385 e. The van der Waals surface area contributed by atoms with Crippen LogP contribution in [0, 0.1) is 5.82 Å².